The van der Waals surface area contributed by atoms with Gasteiger partial charge in [-0.05, 0) is 59.5 Å². The second-order valence-electron chi connectivity index (χ2n) is 8.76. The SMILES string of the molecule is CCC(C)C1=C(C(C)C)CC(C(C)C)C(C(C)C)=C(C(C)C)N1. The summed E-state index contributed by atoms with van der Waals surface area (Å²) in [6.07, 6.45) is 2.43. The highest BCUT2D eigenvalue weighted by Crippen LogP contribution is 2.41. The van der Waals surface area contributed by atoms with Gasteiger partial charge in [0.25, 0.3) is 0 Å². The van der Waals surface area contributed by atoms with Crippen molar-refractivity contribution >= 4 is 0 Å². The molecule has 0 aromatic carbocycles. The molecule has 0 fully saturated rings. The van der Waals surface area contributed by atoms with Crippen LogP contribution >= 0.6 is 0 Å². The van der Waals surface area contributed by atoms with Gasteiger partial charge in [-0.2, -0.15) is 0 Å². The maximum Gasteiger partial charge on any atom is 0.0172 e. The van der Waals surface area contributed by atoms with E-state index in [0.717, 1.165) is 0 Å². The number of rotatable bonds is 6. The van der Waals surface area contributed by atoms with Crippen molar-refractivity contribution in [2.24, 2.45) is 35.5 Å². The fraction of sp³-hybridized carbons (Fsp3) is 0.818. The second kappa shape index (κ2) is 8.40. The van der Waals surface area contributed by atoms with Crippen molar-refractivity contribution < 1.29 is 0 Å². The number of nitrogens with one attached hydrogen (secondary N) is 1. The average Bonchev–Trinajstić information content (AvgIpc) is 2.63. The summed E-state index contributed by atoms with van der Waals surface area (Å²) in [4.78, 5) is 0. The van der Waals surface area contributed by atoms with Crippen LogP contribution in [0.4, 0.5) is 0 Å². The Balaban J connectivity index is 3.56. The van der Waals surface area contributed by atoms with Crippen LogP contribution in [0.1, 0.15) is 82.1 Å². The van der Waals surface area contributed by atoms with E-state index < -0.39 is 0 Å². The zero-order chi connectivity index (χ0) is 17.9. The molecule has 1 aliphatic rings. The van der Waals surface area contributed by atoms with E-state index in [-0.39, 0.29) is 0 Å². The average molecular weight is 320 g/mol. The molecule has 0 amide bonds. The van der Waals surface area contributed by atoms with E-state index in [4.69, 9.17) is 0 Å². The van der Waals surface area contributed by atoms with Crippen molar-refractivity contribution in [2.75, 3.05) is 0 Å². The van der Waals surface area contributed by atoms with E-state index in [1.54, 1.807) is 11.1 Å². The standard InChI is InChI=1S/C22H41N/c1-11-17(10)22-19(14(4)5)12-18(13(2)3)20(15(6)7)21(23-22)16(8)9/h13-18,23H,11-12H2,1-10H3. The van der Waals surface area contributed by atoms with Crippen LogP contribution in [0.3, 0.4) is 0 Å². The maximum atomic E-state index is 3.97. The van der Waals surface area contributed by atoms with Crippen LogP contribution in [0.2, 0.25) is 0 Å². The van der Waals surface area contributed by atoms with Gasteiger partial charge in [-0.15, -0.1) is 0 Å². The Bertz CT molecular complexity index is 449. The smallest absolute Gasteiger partial charge is 0.0172 e. The van der Waals surface area contributed by atoms with Gasteiger partial charge in [0.05, 0.1) is 0 Å². The van der Waals surface area contributed by atoms with Crippen LogP contribution in [0.15, 0.2) is 22.5 Å². The van der Waals surface area contributed by atoms with Crippen LogP contribution in [-0.4, -0.2) is 0 Å². The van der Waals surface area contributed by atoms with Crippen molar-refractivity contribution in [3.8, 4) is 0 Å². The molecule has 0 saturated heterocycles. The highest BCUT2D eigenvalue weighted by molar-refractivity contribution is 5.33. The van der Waals surface area contributed by atoms with Gasteiger partial charge in [-0.1, -0.05) is 69.2 Å². The van der Waals surface area contributed by atoms with E-state index >= 15 is 0 Å². The molecule has 1 rings (SSSR count). The minimum Gasteiger partial charge on any atom is -0.362 e. The summed E-state index contributed by atoms with van der Waals surface area (Å²) in [6.45, 7) is 23.7. The maximum absolute atomic E-state index is 3.97. The molecule has 1 N–H and O–H groups in total. The van der Waals surface area contributed by atoms with Gasteiger partial charge in [0, 0.05) is 11.4 Å². The molecule has 23 heavy (non-hydrogen) atoms. The Morgan fingerprint density at radius 2 is 1.39 bits per heavy atom. The highest BCUT2D eigenvalue weighted by Gasteiger charge is 2.32. The van der Waals surface area contributed by atoms with Gasteiger partial charge in [-0.25, -0.2) is 0 Å². The predicted molar refractivity (Wildman–Crippen MR) is 104 cm³/mol. The highest BCUT2D eigenvalue weighted by atomic mass is 14.9. The van der Waals surface area contributed by atoms with E-state index in [1.807, 2.05) is 0 Å². The molecule has 1 aliphatic heterocycles. The summed E-state index contributed by atoms with van der Waals surface area (Å²) in [5.74, 6) is 3.75. The molecule has 0 aromatic rings. The third-order valence-electron chi connectivity index (χ3n) is 5.57. The van der Waals surface area contributed by atoms with Gasteiger partial charge in [-0.3, -0.25) is 0 Å². The zero-order valence-electron chi connectivity index (χ0n) is 17.4. The largest absolute Gasteiger partial charge is 0.362 e. The van der Waals surface area contributed by atoms with E-state index in [0.29, 0.717) is 35.5 Å². The fourth-order valence-electron chi connectivity index (χ4n) is 3.96. The third-order valence-corrected chi connectivity index (χ3v) is 5.57. The minimum atomic E-state index is 0.555. The fourth-order valence-corrected chi connectivity index (χ4v) is 3.96. The first-order valence-corrected chi connectivity index (χ1v) is 9.85. The Morgan fingerprint density at radius 3 is 1.74 bits per heavy atom. The van der Waals surface area contributed by atoms with Crippen molar-refractivity contribution in [2.45, 2.75) is 82.1 Å². The monoisotopic (exact) mass is 319 g/mol. The molecule has 2 unspecified atom stereocenters. The molecular weight excluding hydrogens is 278 g/mol. The molecule has 0 saturated carbocycles. The van der Waals surface area contributed by atoms with E-state index in [9.17, 15) is 0 Å². The summed E-state index contributed by atoms with van der Waals surface area (Å²) in [6, 6.07) is 0. The lowest BCUT2D eigenvalue weighted by Crippen LogP contribution is -2.25. The Morgan fingerprint density at radius 1 is 0.826 bits per heavy atom. The molecule has 0 aliphatic carbocycles. The second-order valence-corrected chi connectivity index (χ2v) is 8.76. The topological polar surface area (TPSA) is 12.0 Å². The molecule has 0 spiro atoms. The lowest BCUT2D eigenvalue weighted by atomic mass is 9.75. The first-order chi connectivity index (χ1) is 10.6. The molecule has 0 bridgehead atoms. The van der Waals surface area contributed by atoms with Crippen molar-refractivity contribution in [3.63, 3.8) is 0 Å². The lowest BCUT2D eigenvalue weighted by Gasteiger charge is -2.30. The molecule has 1 heterocycles. The number of allylic oxidation sites excluding steroid dienone is 4. The summed E-state index contributed by atoms with van der Waals surface area (Å²) in [7, 11) is 0. The van der Waals surface area contributed by atoms with Gasteiger partial charge in [0.15, 0.2) is 0 Å². The summed E-state index contributed by atoms with van der Waals surface area (Å²) < 4.78 is 0. The van der Waals surface area contributed by atoms with Crippen molar-refractivity contribution in [1.82, 2.24) is 5.32 Å². The molecule has 1 nitrogen and oxygen atoms in total. The molecule has 0 aromatic heterocycles. The van der Waals surface area contributed by atoms with Gasteiger partial charge < -0.3 is 5.32 Å². The van der Waals surface area contributed by atoms with Crippen LogP contribution in [-0.2, 0) is 0 Å². The lowest BCUT2D eigenvalue weighted by molar-refractivity contribution is 0.391. The third kappa shape index (κ3) is 4.64. The quantitative estimate of drug-likeness (QED) is 0.569. The molecule has 134 valence electrons. The molecule has 0 radical (unpaired) electrons. The minimum absolute atomic E-state index is 0.555. The van der Waals surface area contributed by atoms with E-state index in [1.165, 1.54) is 24.2 Å². The predicted octanol–water partition coefficient (Wildman–Crippen LogP) is 6.77. The Hall–Kier alpha value is -0.720. The van der Waals surface area contributed by atoms with E-state index in [2.05, 4.69) is 74.6 Å². The molecular formula is C22H41N. The Labute approximate surface area is 146 Å². The first-order valence-electron chi connectivity index (χ1n) is 9.85. The summed E-state index contributed by atoms with van der Waals surface area (Å²) in [5.41, 5.74) is 6.36. The van der Waals surface area contributed by atoms with Gasteiger partial charge in [0.2, 0.25) is 0 Å². The molecule has 1 heteroatoms. The normalized spacial score (nSPS) is 21.6. The number of hydrogen-bond donors (Lipinski definition) is 1. The Kier molecular flexibility index (Phi) is 7.42. The van der Waals surface area contributed by atoms with Gasteiger partial charge in [0.1, 0.15) is 0 Å². The van der Waals surface area contributed by atoms with Crippen molar-refractivity contribution in [3.05, 3.63) is 22.5 Å². The van der Waals surface area contributed by atoms with Crippen LogP contribution < -0.4 is 5.32 Å². The summed E-state index contributed by atoms with van der Waals surface area (Å²) >= 11 is 0. The van der Waals surface area contributed by atoms with Gasteiger partial charge >= 0.3 is 0 Å². The summed E-state index contributed by atoms with van der Waals surface area (Å²) in [5, 5.41) is 3.97. The van der Waals surface area contributed by atoms with Crippen LogP contribution in [0.25, 0.3) is 0 Å². The van der Waals surface area contributed by atoms with Crippen molar-refractivity contribution in [1.29, 1.82) is 0 Å². The van der Waals surface area contributed by atoms with Crippen LogP contribution in [0, 0.1) is 35.5 Å². The van der Waals surface area contributed by atoms with Crippen LogP contribution in [0.5, 0.6) is 0 Å². The zero-order valence-corrected chi connectivity index (χ0v) is 17.4. The first kappa shape index (κ1) is 20.3. The number of hydrogen-bond acceptors (Lipinski definition) is 1. The molecule has 2 atom stereocenters.